The first-order chi connectivity index (χ1) is 12.1. The quantitative estimate of drug-likeness (QED) is 0.440. The number of rotatable bonds is 5. The van der Waals surface area contributed by atoms with Crippen LogP contribution in [0.5, 0.6) is 0 Å². The fourth-order valence-electron chi connectivity index (χ4n) is 2.80. The Morgan fingerprint density at radius 1 is 1.16 bits per heavy atom. The maximum atomic E-state index is 4.66. The molecule has 0 amide bonds. The van der Waals surface area contributed by atoms with Crippen LogP contribution in [-0.2, 0) is 0 Å². The van der Waals surface area contributed by atoms with Gasteiger partial charge in [-0.3, -0.25) is 5.10 Å². The van der Waals surface area contributed by atoms with Gasteiger partial charge in [0.1, 0.15) is 11.5 Å². The first-order valence-corrected chi connectivity index (χ1v) is 8.47. The zero-order valence-electron chi connectivity index (χ0n) is 14.5. The van der Waals surface area contributed by atoms with E-state index < -0.39 is 0 Å². The minimum absolute atomic E-state index is 0.337. The molecular formula is C18H21N7. The summed E-state index contributed by atoms with van der Waals surface area (Å²) in [6.45, 7) is 6.30. The molecule has 4 aromatic rings. The second-order valence-corrected chi connectivity index (χ2v) is 6.29. The summed E-state index contributed by atoms with van der Waals surface area (Å²) in [5.41, 5.74) is 3.69. The average molecular weight is 335 g/mol. The van der Waals surface area contributed by atoms with E-state index in [1.165, 1.54) is 0 Å². The number of aromatic nitrogens is 5. The predicted molar refractivity (Wildman–Crippen MR) is 101 cm³/mol. The zero-order chi connectivity index (χ0) is 17.4. The topological polar surface area (TPSA) is 94.3 Å². The van der Waals surface area contributed by atoms with E-state index in [0.717, 1.165) is 45.6 Å². The highest BCUT2D eigenvalue weighted by Gasteiger charge is 2.11. The van der Waals surface area contributed by atoms with Crippen molar-refractivity contribution in [3.63, 3.8) is 0 Å². The molecule has 4 rings (SSSR count). The van der Waals surface area contributed by atoms with Gasteiger partial charge in [-0.1, -0.05) is 6.92 Å². The van der Waals surface area contributed by atoms with Crippen LogP contribution < -0.4 is 10.6 Å². The smallest absolute Gasteiger partial charge is 0.231 e. The fraction of sp³-hybridized carbons (Fsp3) is 0.278. The van der Waals surface area contributed by atoms with E-state index in [0.29, 0.717) is 12.0 Å². The number of nitrogens with one attached hydrogen (secondary N) is 4. The first-order valence-electron chi connectivity index (χ1n) is 8.47. The van der Waals surface area contributed by atoms with Crippen LogP contribution in [0.2, 0.25) is 0 Å². The third-order valence-corrected chi connectivity index (χ3v) is 4.41. The van der Waals surface area contributed by atoms with Crippen LogP contribution >= 0.6 is 0 Å². The summed E-state index contributed by atoms with van der Waals surface area (Å²) in [6, 6.07) is 8.37. The molecule has 3 heterocycles. The SMILES string of the molecule is CC[C@@H](C)Nc1nc(Nc2ccc3c(C)[nH]nc3c2)nc2[nH]ccc12. The van der Waals surface area contributed by atoms with Crippen LogP contribution in [0.25, 0.3) is 21.9 Å². The van der Waals surface area contributed by atoms with Crippen LogP contribution in [0.3, 0.4) is 0 Å². The molecule has 0 bridgehead atoms. The molecule has 0 aliphatic heterocycles. The number of hydrogen-bond acceptors (Lipinski definition) is 5. The van der Waals surface area contributed by atoms with Crippen molar-refractivity contribution in [2.24, 2.45) is 0 Å². The lowest BCUT2D eigenvalue weighted by Gasteiger charge is -2.14. The molecule has 0 unspecified atom stereocenters. The zero-order valence-corrected chi connectivity index (χ0v) is 14.5. The number of aryl methyl sites for hydroxylation is 1. The van der Waals surface area contributed by atoms with E-state index in [4.69, 9.17) is 0 Å². The summed E-state index contributed by atoms with van der Waals surface area (Å²) >= 11 is 0. The van der Waals surface area contributed by atoms with Crippen molar-refractivity contribution in [2.45, 2.75) is 33.2 Å². The summed E-state index contributed by atoms with van der Waals surface area (Å²) in [5.74, 6) is 1.38. The normalized spacial score (nSPS) is 12.6. The Bertz CT molecular complexity index is 1030. The molecule has 4 N–H and O–H groups in total. The molecule has 0 saturated carbocycles. The average Bonchev–Trinajstić information content (AvgIpc) is 3.22. The number of anilines is 3. The summed E-state index contributed by atoms with van der Waals surface area (Å²) in [4.78, 5) is 12.4. The Labute approximate surface area is 145 Å². The van der Waals surface area contributed by atoms with Gasteiger partial charge in [-0.15, -0.1) is 0 Å². The molecule has 0 radical (unpaired) electrons. The molecule has 128 valence electrons. The summed E-state index contributed by atoms with van der Waals surface area (Å²) in [7, 11) is 0. The molecule has 0 spiro atoms. The number of hydrogen-bond donors (Lipinski definition) is 4. The van der Waals surface area contributed by atoms with Gasteiger partial charge in [-0.2, -0.15) is 15.1 Å². The Kier molecular flexibility index (Phi) is 3.76. The lowest BCUT2D eigenvalue weighted by molar-refractivity contribution is 0.760. The van der Waals surface area contributed by atoms with Crippen molar-refractivity contribution in [3.8, 4) is 0 Å². The second-order valence-electron chi connectivity index (χ2n) is 6.29. The molecule has 3 aromatic heterocycles. The molecule has 1 atom stereocenters. The number of nitrogens with zero attached hydrogens (tertiary/aromatic N) is 3. The van der Waals surface area contributed by atoms with Gasteiger partial charge in [0.05, 0.1) is 10.9 Å². The molecular weight excluding hydrogens is 314 g/mol. The Balaban J connectivity index is 1.69. The maximum absolute atomic E-state index is 4.66. The molecule has 0 fully saturated rings. The van der Waals surface area contributed by atoms with Crippen molar-refractivity contribution >= 4 is 39.4 Å². The molecule has 1 aromatic carbocycles. The van der Waals surface area contributed by atoms with E-state index >= 15 is 0 Å². The van der Waals surface area contributed by atoms with E-state index in [9.17, 15) is 0 Å². The predicted octanol–water partition coefficient (Wildman–Crippen LogP) is 4.10. The summed E-state index contributed by atoms with van der Waals surface area (Å²) in [6.07, 6.45) is 2.90. The fourth-order valence-corrected chi connectivity index (χ4v) is 2.80. The first kappa shape index (κ1) is 15.4. The van der Waals surface area contributed by atoms with Crippen molar-refractivity contribution < 1.29 is 0 Å². The van der Waals surface area contributed by atoms with Crippen LogP contribution in [0.15, 0.2) is 30.5 Å². The van der Waals surface area contributed by atoms with Gasteiger partial charge in [0, 0.05) is 29.0 Å². The van der Waals surface area contributed by atoms with Gasteiger partial charge in [-0.25, -0.2) is 0 Å². The molecule has 25 heavy (non-hydrogen) atoms. The van der Waals surface area contributed by atoms with Gasteiger partial charge in [0.2, 0.25) is 5.95 Å². The molecule has 7 nitrogen and oxygen atoms in total. The van der Waals surface area contributed by atoms with E-state index in [-0.39, 0.29) is 0 Å². The van der Waals surface area contributed by atoms with Crippen molar-refractivity contribution in [3.05, 3.63) is 36.2 Å². The van der Waals surface area contributed by atoms with Crippen LogP contribution in [0.1, 0.15) is 26.0 Å². The van der Waals surface area contributed by atoms with Crippen molar-refractivity contribution in [1.82, 2.24) is 25.1 Å². The lowest BCUT2D eigenvalue weighted by atomic mass is 10.2. The summed E-state index contributed by atoms with van der Waals surface area (Å²) in [5, 5.41) is 16.1. The molecule has 0 saturated heterocycles. The monoisotopic (exact) mass is 335 g/mol. The number of benzene rings is 1. The van der Waals surface area contributed by atoms with Gasteiger partial charge >= 0.3 is 0 Å². The Hall–Kier alpha value is -3.09. The van der Waals surface area contributed by atoms with Crippen LogP contribution in [0.4, 0.5) is 17.5 Å². The number of H-pyrrole nitrogens is 2. The number of fused-ring (bicyclic) bond motifs is 2. The molecule has 0 aliphatic carbocycles. The molecule has 7 heteroatoms. The van der Waals surface area contributed by atoms with E-state index in [1.807, 2.05) is 37.4 Å². The highest BCUT2D eigenvalue weighted by atomic mass is 15.2. The summed E-state index contributed by atoms with van der Waals surface area (Å²) < 4.78 is 0. The Morgan fingerprint density at radius 2 is 2.04 bits per heavy atom. The van der Waals surface area contributed by atoms with Crippen LogP contribution in [-0.4, -0.2) is 31.2 Å². The third-order valence-electron chi connectivity index (χ3n) is 4.41. The minimum atomic E-state index is 0.337. The highest BCUT2D eigenvalue weighted by molar-refractivity contribution is 5.89. The van der Waals surface area contributed by atoms with E-state index in [1.54, 1.807) is 0 Å². The minimum Gasteiger partial charge on any atom is -0.367 e. The third kappa shape index (κ3) is 2.88. The van der Waals surface area contributed by atoms with E-state index in [2.05, 4.69) is 49.6 Å². The standard InChI is InChI=1S/C18H21N7/c1-4-10(2)20-17-14-7-8-19-16(14)22-18(23-17)21-12-5-6-13-11(3)24-25-15(13)9-12/h5-10H,4H2,1-3H3,(H,24,25)(H3,19,20,21,22,23)/t10-/m1/s1. The van der Waals surface area contributed by atoms with Gasteiger partial charge in [0.25, 0.3) is 0 Å². The molecule has 0 aliphatic rings. The Morgan fingerprint density at radius 3 is 2.88 bits per heavy atom. The van der Waals surface area contributed by atoms with Crippen LogP contribution in [0, 0.1) is 6.92 Å². The maximum Gasteiger partial charge on any atom is 0.231 e. The second kappa shape index (κ2) is 6.08. The van der Waals surface area contributed by atoms with Gasteiger partial charge in [-0.05, 0) is 44.5 Å². The van der Waals surface area contributed by atoms with Crippen molar-refractivity contribution in [1.29, 1.82) is 0 Å². The van der Waals surface area contributed by atoms with Gasteiger partial charge < -0.3 is 15.6 Å². The highest BCUT2D eigenvalue weighted by Crippen LogP contribution is 2.25. The lowest BCUT2D eigenvalue weighted by Crippen LogP contribution is -2.15. The van der Waals surface area contributed by atoms with Crippen molar-refractivity contribution in [2.75, 3.05) is 10.6 Å². The number of aromatic amines is 2. The van der Waals surface area contributed by atoms with Gasteiger partial charge in [0.15, 0.2) is 0 Å². The largest absolute Gasteiger partial charge is 0.367 e.